The van der Waals surface area contributed by atoms with Crippen molar-refractivity contribution < 1.29 is 14.6 Å². The van der Waals surface area contributed by atoms with Crippen molar-refractivity contribution in [3.8, 4) is 5.75 Å². The summed E-state index contributed by atoms with van der Waals surface area (Å²) in [5.41, 5.74) is 2.94. The molecule has 2 aliphatic heterocycles. The van der Waals surface area contributed by atoms with E-state index in [1.807, 2.05) is 25.1 Å². The van der Waals surface area contributed by atoms with Crippen LogP contribution in [-0.4, -0.2) is 28.7 Å². The first-order valence-electron chi connectivity index (χ1n) is 7.05. The van der Waals surface area contributed by atoms with E-state index < -0.39 is 6.09 Å². The summed E-state index contributed by atoms with van der Waals surface area (Å²) in [7, 11) is 0. The fraction of sp³-hybridized carbons (Fsp3) is 0.438. The molecule has 0 saturated carbocycles. The Morgan fingerprint density at radius 1 is 1.40 bits per heavy atom. The smallest absolute Gasteiger partial charge is 0.411 e. The van der Waals surface area contributed by atoms with Gasteiger partial charge in [-0.2, -0.15) is 0 Å². The molecule has 0 aliphatic carbocycles. The third kappa shape index (κ3) is 2.26. The molecule has 3 rings (SSSR count). The molecule has 106 valence electrons. The quantitative estimate of drug-likeness (QED) is 0.853. The number of hydrogen-bond acceptors (Lipinski definition) is 2. The highest BCUT2D eigenvalue weighted by Gasteiger charge is 2.26. The molecule has 1 amide bonds. The van der Waals surface area contributed by atoms with Crippen molar-refractivity contribution >= 4 is 11.8 Å². The highest BCUT2D eigenvalue weighted by Crippen LogP contribution is 2.34. The summed E-state index contributed by atoms with van der Waals surface area (Å²) in [6.45, 7) is 4.68. The molecule has 2 unspecified atom stereocenters. The number of fused-ring (bicyclic) bond motifs is 1. The van der Waals surface area contributed by atoms with Crippen molar-refractivity contribution in [1.82, 2.24) is 4.90 Å². The van der Waals surface area contributed by atoms with Gasteiger partial charge in [-0.25, -0.2) is 4.79 Å². The maximum absolute atomic E-state index is 11.4. The molecule has 0 saturated heterocycles. The standard InChI is InChI=1S/C16H19NO3/c1-10-3-5-14(17(9-10)16(18)19)12-4-6-15-13(8-12)7-11(2)20-15/h4-6,8,10-11H,3,7,9H2,1-2H3,(H,18,19). The summed E-state index contributed by atoms with van der Waals surface area (Å²) in [5.74, 6) is 1.29. The zero-order valence-electron chi connectivity index (χ0n) is 11.8. The van der Waals surface area contributed by atoms with Crippen molar-refractivity contribution in [3.05, 3.63) is 35.4 Å². The van der Waals surface area contributed by atoms with E-state index >= 15 is 0 Å². The van der Waals surface area contributed by atoms with Crippen LogP contribution in [0.2, 0.25) is 0 Å². The van der Waals surface area contributed by atoms with E-state index in [-0.39, 0.29) is 6.10 Å². The lowest BCUT2D eigenvalue weighted by atomic mass is 9.97. The van der Waals surface area contributed by atoms with Gasteiger partial charge in [-0.05, 0) is 48.6 Å². The number of carboxylic acid groups (broad SMARTS) is 1. The lowest BCUT2D eigenvalue weighted by molar-refractivity contribution is 0.159. The molecule has 2 heterocycles. The highest BCUT2D eigenvalue weighted by molar-refractivity contribution is 5.81. The average molecular weight is 273 g/mol. The van der Waals surface area contributed by atoms with Crippen molar-refractivity contribution in [3.63, 3.8) is 0 Å². The molecule has 4 nitrogen and oxygen atoms in total. The maximum atomic E-state index is 11.4. The molecule has 1 aromatic rings. The Balaban J connectivity index is 1.96. The third-order valence-electron chi connectivity index (χ3n) is 3.92. The summed E-state index contributed by atoms with van der Waals surface area (Å²) < 4.78 is 5.69. The van der Waals surface area contributed by atoms with Crippen LogP contribution in [-0.2, 0) is 6.42 Å². The molecule has 1 N–H and O–H groups in total. The van der Waals surface area contributed by atoms with Gasteiger partial charge in [0, 0.05) is 13.0 Å². The van der Waals surface area contributed by atoms with Crippen LogP contribution in [0, 0.1) is 5.92 Å². The first-order chi connectivity index (χ1) is 9.54. The predicted octanol–water partition coefficient (Wildman–Crippen LogP) is 3.37. The molecule has 2 aliphatic rings. The normalized spacial score (nSPS) is 24.9. The van der Waals surface area contributed by atoms with Crippen LogP contribution in [0.25, 0.3) is 5.70 Å². The number of hydrogen-bond donors (Lipinski definition) is 1. The topological polar surface area (TPSA) is 49.8 Å². The van der Waals surface area contributed by atoms with Crippen LogP contribution < -0.4 is 4.74 Å². The van der Waals surface area contributed by atoms with Crippen LogP contribution in [0.1, 0.15) is 31.4 Å². The fourth-order valence-electron chi connectivity index (χ4n) is 2.94. The van der Waals surface area contributed by atoms with Crippen LogP contribution in [0.5, 0.6) is 5.75 Å². The Hall–Kier alpha value is -1.97. The molecule has 0 fully saturated rings. The van der Waals surface area contributed by atoms with E-state index in [0.717, 1.165) is 29.9 Å². The van der Waals surface area contributed by atoms with Crippen molar-refractivity contribution in [2.75, 3.05) is 6.54 Å². The molecule has 1 aromatic carbocycles. The van der Waals surface area contributed by atoms with Crippen molar-refractivity contribution in [1.29, 1.82) is 0 Å². The predicted molar refractivity (Wildman–Crippen MR) is 76.7 cm³/mol. The zero-order chi connectivity index (χ0) is 14.3. The summed E-state index contributed by atoms with van der Waals surface area (Å²) >= 11 is 0. The van der Waals surface area contributed by atoms with Gasteiger partial charge in [0.05, 0.1) is 5.70 Å². The Bertz CT molecular complexity index is 579. The van der Waals surface area contributed by atoms with Crippen LogP contribution in [0.4, 0.5) is 4.79 Å². The van der Waals surface area contributed by atoms with Gasteiger partial charge >= 0.3 is 6.09 Å². The largest absolute Gasteiger partial charge is 0.490 e. The first-order valence-corrected chi connectivity index (χ1v) is 7.05. The first kappa shape index (κ1) is 13.0. The van der Waals surface area contributed by atoms with Gasteiger partial charge in [-0.3, -0.25) is 4.90 Å². The van der Waals surface area contributed by atoms with Gasteiger partial charge in [0.15, 0.2) is 0 Å². The second-order valence-electron chi connectivity index (χ2n) is 5.78. The van der Waals surface area contributed by atoms with Gasteiger partial charge < -0.3 is 9.84 Å². The number of carbonyl (C=O) groups is 1. The highest BCUT2D eigenvalue weighted by atomic mass is 16.5. The lowest BCUT2D eigenvalue weighted by Gasteiger charge is -2.30. The monoisotopic (exact) mass is 273 g/mol. The molecular formula is C16H19NO3. The SMILES string of the molecule is CC1CC=C(c2ccc3c(c2)CC(C)O3)N(C(=O)O)C1. The Kier molecular flexibility index (Phi) is 3.16. The van der Waals surface area contributed by atoms with Gasteiger partial charge in [0.2, 0.25) is 0 Å². The number of rotatable bonds is 1. The molecule has 0 spiro atoms. The zero-order valence-corrected chi connectivity index (χ0v) is 11.8. The van der Waals surface area contributed by atoms with E-state index in [2.05, 4.69) is 13.0 Å². The fourth-order valence-corrected chi connectivity index (χ4v) is 2.94. The number of benzene rings is 1. The summed E-state index contributed by atoms with van der Waals surface area (Å²) in [5, 5.41) is 9.38. The lowest BCUT2D eigenvalue weighted by Crippen LogP contribution is -2.34. The molecule has 0 bridgehead atoms. The second-order valence-corrected chi connectivity index (χ2v) is 5.78. The molecular weight excluding hydrogens is 254 g/mol. The van der Waals surface area contributed by atoms with Crippen LogP contribution in [0.3, 0.4) is 0 Å². The van der Waals surface area contributed by atoms with Gasteiger partial charge in [0.25, 0.3) is 0 Å². The van der Waals surface area contributed by atoms with E-state index in [0.29, 0.717) is 12.5 Å². The Labute approximate surface area is 118 Å². The number of ether oxygens (including phenoxy) is 1. The molecule has 20 heavy (non-hydrogen) atoms. The summed E-state index contributed by atoms with van der Waals surface area (Å²) in [4.78, 5) is 12.9. The number of nitrogens with zero attached hydrogens (tertiary/aromatic N) is 1. The van der Waals surface area contributed by atoms with Crippen molar-refractivity contribution in [2.24, 2.45) is 5.92 Å². The minimum Gasteiger partial charge on any atom is -0.490 e. The van der Waals surface area contributed by atoms with Gasteiger partial charge in [0.1, 0.15) is 11.9 Å². The van der Waals surface area contributed by atoms with Crippen LogP contribution >= 0.6 is 0 Å². The van der Waals surface area contributed by atoms with Gasteiger partial charge in [-0.15, -0.1) is 0 Å². The summed E-state index contributed by atoms with van der Waals surface area (Å²) in [6.07, 6.45) is 3.16. The van der Waals surface area contributed by atoms with Gasteiger partial charge in [-0.1, -0.05) is 13.0 Å². The molecule has 4 heteroatoms. The van der Waals surface area contributed by atoms with E-state index in [9.17, 15) is 9.90 Å². The third-order valence-corrected chi connectivity index (χ3v) is 3.92. The molecule has 2 atom stereocenters. The number of allylic oxidation sites excluding steroid dienone is 1. The second kappa shape index (κ2) is 4.85. The van der Waals surface area contributed by atoms with E-state index in [4.69, 9.17) is 4.74 Å². The molecule has 0 radical (unpaired) electrons. The van der Waals surface area contributed by atoms with Crippen LogP contribution in [0.15, 0.2) is 24.3 Å². The maximum Gasteiger partial charge on any atom is 0.411 e. The minimum absolute atomic E-state index is 0.205. The summed E-state index contributed by atoms with van der Waals surface area (Å²) in [6, 6.07) is 5.97. The Morgan fingerprint density at radius 3 is 2.95 bits per heavy atom. The van der Waals surface area contributed by atoms with E-state index in [1.54, 1.807) is 0 Å². The minimum atomic E-state index is -0.882. The molecule has 0 aromatic heterocycles. The number of amides is 1. The van der Waals surface area contributed by atoms with E-state index in [1.165, 1.54) is 10.5 Å². The Morgan fingerprint density at radius 2 is 2.20 bits per heavy atom. The average Bonchev–Trinajstić information content (AvgIpc) is 2.77. The van der Waals surface area contributed by atoms with Crippen molar-refractivity contribution in [2.45, 2.75) is 32.8 Å².